The molecular weight excluding hydrogens is 1020 g/mol. The van der Waals surface area contributed by atoms with Crippen LogP contribution in [0.2, 0.25) is 0 Å². The van der Waals surface area contributed by atoms with Crippen LogP contribution >= 0.6 is 69.7 Å². The minimum Gasteiger partial charge on any atom is -1.00 e. The molecule has 356 valence electrons. The van der Waals surface area contributed by atoms with Gasteiger partial charge in [-0.25, -0.2) is 28.9 Å². The summed E-state index contributed by atoms with van der Waals surface area (Å²) < 4.78 is 2.94. The number of amides is 4. The quantitative estimate of drug-likeness (QED) is 0.0266. The molecule has 0 aromatic carbocycles. The van der Waals surface area contributed by atoms with Gasteiger partial charge in [0.05, 0.1) is 0 Å². The Morgan fingerprint density at radius 3 is 1.45 bits per heavy atom. The number of carboxylic acid groups (broad SMARTS) is 2. The number of halogens is 1. The Hall–Kier alpha value is -6.07. The predicted molar refractivity (Wildman–Crippen MR) is 240 cm³/mol. The molecule has 0 bridgehead atoms. The van der Waals surface area contributed by atoms with Crippen molar-refractivity contribution in [1.82, 2.24) is 70.8 Å². The monoisotopic (exact) mass is 1060 g/mol. The number of oxime groups is 2. The zero-order valence-electron chi connectivity index (χ0n) is 35.7. The van der Waals surface area contributed by atoms with Gasteiger partial charge in [0.15, 0.2) is 21.7 Å². The lowest BCUT2D eigenvalue weighted by atomic mass is 10.0. The van der Waals surface area contributed by atoms with E-state index >= 15 is 0 Å². The van der Waals surface area contributed by atoms with E-state index in [1.165, 1.54) is 80.4 Å². The van der Waals surface area contributed by atoms with Gasteiger partial charge in [-0.3, -0.25) is 29.0 Å². The molecule has 8 rings (SSSR count). The van der Waals surface area contributed by atoms with E-state index in [-0.39, 0.29) is 58.3 Å². The number of aliphatic carboxylic acids is 2. The number of rotatable bonds is 16. The maximum Gasteiger partial charge on any atom is 1.00 e. The molecule has 8 N–H and O–H groups in total. The van der Waals surface area contributed by atoms with Crippen LogP contribution in [0.5, 0.6) is 0 Å². The average Bonchev–Trinajstić information content (AvgIpc) is 4.12. The third kappa shape index (κ3) is 10.6. The Bertz CT molecular complexity index is 2550. The molecule has 2 fully saturated rings. The number of nitrogens with two attached hydrogens (primary N) is 2. The molecule has 28 nitrogen and oxygen atoms in total. The first kappa shape index (κ1) is 50.3. The molecule has 4 aromatic rings. The molecular formula is C32H35ClN18O10S6. The molecule has 67 heavy (non-hydrogen) atoms. The maximum absolute atomic E-state index is 12.9. The van der Waals surface area contributed by atoms with Crippen LogP contribution in [0.15, 0.2) is 53.9 Å². The molecule has 8 heterocycles. The zero-order chi connectivity index (χ0) is 47.4. The van der Waals surface area contributed by atoms with Gasteiger partial charge in [0.25, 0.3) is 23.6 Å². The number of fused-ring (bicyclic) bond motifs is 2. The molecule has 4 atom stereocenters. The topological polar surface area (TPSA) is 382 Å². The predicted octanol–water partition coefficient (Wildman–Crippen LogP) is -4.62. The second-order valence-corrected chi connectivity index (χ2v) is 19.2. The fourth-order valence-corrected chi connectivity index (χ4v) is 12.1. The summed E-state index contributed by atoms with van der Waals surface area (Å²) in [6.07, 6.45) is 0. The number of carboxylic acids is 2. The fraction of sp³-hybridized carbons (Fsp3) is 0.375. The van der Waals surface area contributed by atoms with E-state index in [1.807, 2.05) is 0 Å². The first-order valence-electron chi connectivity index (χ1n) is 18.4. The van der Waals surface area contributed by atoms with Crippen LogP contribution in [0.1, 0.15) is 12.8 Å². The number of nitrogens with one attached hydrogen (secondary N) is 2. The molecule has 4 unspecified atom stereocenters. The number of carbonyl (C=O) groups excluding carboxylic acids is 4. The summed E-state index contributed by atoms with van der Waals surface area (Å²) in [5.41, 5.74) is 12.3. The third-order valence-corrected chi connectivity index (χ3v) is 15.5. The average molecular weight is 1060 g/mol. The van der Waals surface area contributed by atoms with Gasteiger partial charge < -0.3 is 54.4 Å². The van der Waals surface area contributed by atoms with Gasteiger partial charge in [0.1, 0.15) is 59.8 Å². The highest BCUT2D eigenvalue weighted by Crippen LogP contribution is 2.43. The number of nitrogens with zero attached hydrogens (tertiary/aromatic N) is 14. The van der Waals surface area contributed by atoms with Crippen LogP contribution in [0, 0.1) is 0 Å². The Labute approximate surface area is 409 Å². The van der Waals surface area contributed by atoms with Crippen molar-refractivity contribution >= 4 is 127 Å². The highest BCUT2D eigenvalue weighted by atomic mass is 35.5. The summed E-state index contributed by atoms with van der Waals surface area (Å²) in [6.45, 7) is 0. The van der Waals surface area contributed by atoms with Crippen molar-refractivity contribution < 1.29 is 62.5 Å². The summed E-state index contributed by atoms with van der Waals surface area (Å²) in [5, 5.41) is 57.9. The van der Waals surface area contributed by atoms with Crippen molar-refractivity contribution in [1.29, 1.82) is 0 Å². The lowest BCUT2D eigenvalue weighted by Crippen LogP contribution is -3.00. The molecule has 4 amide bonds. The van der Waals surface area contributed by atoms with E-state index in [2.05, 4.69) is 62.0 Å². The minimum atomic E-state index is -1.22. The molecule has 35 heteroatoms. The standard InChI is InChI=1S/2C16H17N9O5S3.ClH/c2*1-24-16(20-22-23-24)33-4-6-3-31-13-9(12(27)25(13)10(6)14(28)29)19-11(26)8(21-30-2)7-5-32-15(17)18-7;/h2*5,9,13H,3-4H2,1-2H3,(H2,17,18)(H,19,26)(H,28,29);1H/b2*21-8-;. The van der Waals surface area contributed by atoms with E-state index in [1.54, 1.807) is 24.9 Å². The Kier molecular flexibility index (Phi) is 16.3. The second-order valence-electron chi connectivity index (χ2n) is 13.4. The minimum absolute atomic E-state index is 0. The van der Waals surface area contributed by atoms with Gasteiger partial charge in [-0.15, -0.1) is 56.4 Å². The molecule has 4 aliphatic heterocycles. The van der Waals surface area contributed by atoms with Gasteiger partial charge in [-0.2, -0.15) is 0 Å². The number of hydrogen-bond acceptors (Lipinski definition) is 26. The first-order valence-corrected chi connectivity index (χ1v) is 24.2. The van der Waals surface area contributed by atoms with Crippen molar-refractivity contribution in [2.45, 2.75) is 33.1 Å². The number of anilines is 2. The maximum atomic E-state index is 12.9. The highest BCUT2D eigenvalue weighted by molar-refractivity contribution is 8.01. The number of tetrazole rings is 2. The second kappa shape index (κ2) is 21.7. The molecule has 4 aromatic heterocycles. The number of aryl methyl sites for hydroxylation is 2. The SMILES string of the molecule is CO/N=C(\C(=O)NC1C(=O)N2C(C(=O)O)=C(CSc3nnnn3C)CSC12)c1csc(N)n1.CO/N=C(\C(=O)NC1C(=O)N2C(C(=O)O)=C(CSc3nnnn3C)CSC12)c1csc(N)n1.[Cl-].[H+]. The van der Waals surface area contributed by atoms with E-state index in [9.17, 15) is 39.0 Å². The smallest absolute Gasteiger partial charge is 1.00 e. The summed E-state index contributed by atoms with van der Waals surface area (Å²) >= 11 is 7.50. The largest absolute Gasteiger partial charge is 1.00 e. The van der Waals surface area contributed by atoms with E-state index in [0.29, 0.717) is 44.5 Å². The van der Waals surface area contributed by atoms with E-state index in [4.69, 9.17) is 21.1 Å². The number of nitrogen functional groups attached to an aromatic ring is 2. The number of carbonyl (C=O) groups is 6. The van der Waals surface area contributed by atoms with Crippen LogP contribution in [0.3, 0.4) is 0 Å². The molecule has 0 radical (unpaired) electrons. The Balaban J connectivity index is 0.000000247. The summed E-state index contributed by atoms with van der Waals surface area (Å²) in [6, 6.07) is -1.85. The Morgan fingerprint density at radius 2 is 1.15 bits per heavy atom. The highest BCUT2D eigenvalue weighted by Gasteiger charge is 2.56. The number of thioether (sulfide) groups is 4. The third-order valence-electron chi connectivity index (χ3n) is 9.31. The fourth-order valence-electron chi connectivity index (χ4n) is 6.38. The van der Waals surface area contributed by atoms with Crippen LogP contribution < -0.4 is 34.5 Å². The van der Waals surface area contributed by atoms with Gasteiger partial charge in [-0.1, -0.05) is 33.8 Å². The van der Waals surface area contributed by atoms with Gasteiger partial charge in [0.2, 0.25) is 10.3 Å². The number of hydrogen-bond donors (Lipinski definition) is 6. The van der Waals surface area contributed by atoms with Crippen molar-refractivity contribution in [3.63, 3.8) is 0 Å². The van der Waals surface area contributed by atoms with Crippen LogP contribution in [-0.4, -0.2) is 177 Å². The Morgan fingerprint density at radius 1 is 0.761 bits per heavy atom. The lowest BCUT2D eigenvalue weighted by molar-refractivity contribution is -0.150. The van der Waals surface area contributed by atoms with Gasteiger partial charge >= 0.3 is 13.4 Å². The number of aromatic nitrogens is 10. The molecule has 0 spiro atoms. The summed E-state index contributed by atoms with van der Waals surface area (Å²) in [7, 11) is 5.90. The molecule has 0 aliphatic carbocycles. The lowest BCUT2D eigenvalue weighted by Gasteiger charge is -2.49. The van der Waals surface area contributed by atoms with Crippen molar-refractivity contribution in [3.8, 4) is 0 Å². The molecule has 0 saturated carbocycles. The van der Waals surface area contributed by atoms with Crippen LogP contribution in [0.4, 0.5) is 10.3 Å². The van der Waals surface area contributed by atoms with Crippen molar-refractivity contribution in [3.05, 3.63) is 44.7 Å². The van der Waals surface area contributed by atoms with Crippen LogP contribution in [0.25, 0.3) is 0 Å². The zero-order valence-corrected chi connectivity index (χ0v) is 40.4. The molecule has 4 aliphatic rings. The van der Waals surface area contributed by atoms with E-state index < -0.39 is 58.4 Å². The molecule has 2 saturated heterocycles. The number of thiazole rings is 2. The first-order chi connectivity index (χ1) is 31.6. The van der Waals surface area contributed by atoms with Gasteiger partial charge in [-0.05, 0) is 32.0 Å². The van der Waals surface area contributed by atoms with Crippen molar-refractivity contribution in [2.24, 2.45) is 24.4 Å². The summed E-state index contributed by atoms with van der Waals surface area (Å²) in [4.78, 5) is 95.1. The van der Waals surface area contributed by atoms with E-state index in [0.717, 1.165) is 22.7 Å². The normalized spacial score (nSPS) is 20.1. The van der Waals surface area contributed by atoms with Crippen molar-refractivity contribution in [2.75, 3.05) is 48.7 Å². The summed E-state index contributed by atoms with van der Waals surface area (Å²) in [5.74, 6) is -3.54. The van der Waals surface area contributed by atoms with Crippen LogP contribution in [-0.2, 0) is 52.5 Å². The number of β-lactam (4-membered cyclic amide) rings is 2. The van der Waals surface area contributed by atoms with Gasteiger partial charge in [0, 0.05) is 47.9 Å².